The van der Waals surface area contributed by atoms with Crippen molar-refractivity contribution in [3.63, 3.8) is 0 Å². The Bertz CT molecular complexity index is 1050. The van der Waals surface area contributed by atoms with E-state index < -0.39 is 0 Å². The monoisotopic (exact) mass is 351 g/mol. The molecule has 1 heterocycles. The molecular weight excluding hydrogens is 326 g/mol. The van der Waals surface area contributed by atoms with E-state index in [2.05, 4.69) is 92.7 Å². The minimum Gasteiger partial charge on any atom is -0.252 e. The summed E-state index contributed by atoms with van der Waals surface area (Å²) in [5.74, 6) is 0. The maximum Gasteiger partial charge on any atom is 0.0790 e. The van der Waals surface area contributed by atoms with E-state index in [-0.39, 0.29) is 0 Å². The van der Waals surface area contributed by atoms with Crippen molar-refractivity contribution in [1.82, 2.24) is 4.98 Å². The molecule has 0 aliphatic carbocycles. The number of hydrogen-bond donors (Lipinski definition) is 0. The highest BCUT2D eigenvalue weighted by Gasteiger charge is 2.16. The molecule has 134 valence electrons. The highest BCUT2D eigenvalue weighted by atomic mass is 14.7. The second-order valence-corrected chi connectivity index (χ2v) is 7.17. The lowest BCUT2D eigenvalue weighted by atomic mass is 9.91. The highest BCUT2D eigenvalue weighted by molar-refractivity contribution is 6.03. The zero-order valence-corrected chi connectivity index (χ0v) is 16.1. The van der Waals surface area contributed by atoms with Gasteiger partial charge in [-0.05, 0) is 36.8 Å². The average molecular weight is 351 g/mol. The van der Waals surface area contributed by atoms with Crippen molar-refractivity contribution < 1.29 is 0 Å². The number of nitrogens with zero attached hydrogens (tertiary/aromatic N) is 1. The van der Waals surface area contributed by atoms with Crippen LogP contribution in [0, 0.1) is 6.92 Å². The third-order valence-corrected chi connectivity index (χ3v) is 5.12. The van der Waals surface area contributed by atoms with Gasteiger partial charge in [-0.3, -0.25) is 4.98 Å². The largest absolute Gasteiger partial charge is 0.252 e. The van der Waals surface area contributed by atoms with Gasteiger partial charge in [0.05, 0.1) is 5.69 Å². The van der Waals surface area contributed by atoms with Crippen LogP contribution in [-0.4, -0.2) is 4.98 Å². The quantitative estimate of drug-likeness (QED) is 0.370. The molecule has 4 aromatic rings. The van der Waals surface area contributed by atoms with Crippen LogP contribution in [0.15, 0.2) is 78.9 Å². The van der Waals surface area contributed by atoms with Gasteiger partial charge in [-0.2, -0.15) is 0 Å². The first kappa shape index (κ1) is 17.5. The van der Waals surface area contributed by atoms with Gasteiger partial charge in [-0.25, -0.2) is 0 Å². The summed E-state index contributed by atoms with van der Waals surface area (Å²) >= 11 is 0. The van der Waals surface area contributed by atoms with Crippen molar-refractivity contribution in [2.75, 3.05) is 0 Å². The summed E-state index contributed by atoms with van der Waals surface area (Å²) in [5, 5.41) is 2.59. The molecule has 0 bridgehead atoms. The number of rotatable bonds is 5. The maximum atomic E-state index is 5.23. The Labute approximate surface area is 161 Å². The third-order valence-electron chi connectivity index (χ3n) is 5.12. The van der Waals surface area contributed by atoms with Gasteiger partial charge in [0.2, 0.25) is 0 Å². The second kappa shape index (κ2) is 7.75. The minimum absolute atomic E-state index is 1.02. The van der Waals surface area contributed by atoms with Crippen LogP contribution in [-0.2, 0) is 6.42 Å². The molecule has 0 radical (unpaired) electrons. The Morgan fingerprint density at radius 1 is 0.741 bits per heavy atom. The molecule has 0 atom stereocenters. The molecule has 0 fully saturated rings. The fourth-order valence-electron chi connectivity index (χ4n) is 3.73. The zero-order valence-electron chi connectivity index (χ0n) is 16.1. The smallest absolute Gasteiger partial charge is 0.0790 e. The summed E-state index contributed by atoms with van der Waals surface area (Å²) in [6.45, 7) is 4.40. The molecule has 3 aromatic carbocycles. The number of aryl methyl sites for hydroxylation is 2. The number of pyridine rings is 1. The van der Waals surface area contributed by atoms with Crippen LogP contribution >= 0.6 is 0 Å². The molecule has 1 nitrogen and oxygen atoms in total. The van der Waals surface area contributed by atoms with Gasteiger partial charge >= 0.3 is 0 Å². The van der Waals surface area contributed by atoms with E-state index in [1.807, 2.05) is 0 Å². The Kier molecular flexibility index (Phi) is 5.02. The van der Waals surface area contributed by atoms with Gasteiger partial charge in [0, 0.05) is 22.2 Å². The summed E-state index contributed by atoms with van der Waals surface area (Å²) in [7, 11) is 0. The minimum atomic E-state index is 1.02. The van der Waals surface area contributed by atoms with Crippen LogP contribution in [0.3, 0.4) is 0 Å². The van der Waals surface area contributed by atoms with Gasteiger partial charge in [0.1, 0.15) is 0 Å². The van der Waals surface area contributed by atoms with Crippen molar-refractivity contribution in [2.24, 2.45) is 0 Å². The SMILES string of the molecule is CCCCc1nc(-c2ccccc2)c(-c2ccccc2)c2ccc(C)cc12. The lowest BCUT2D eigenvalue weighted by Crippen LogP contribution is -1.99. The molecule has 0 N–H and O–H groups in total. The maximum absolute atomic E-state index is 5.23. The van der Waals surface area contributed by atoms with Crippen LogP contribution in [0.25, 0.3) is 33.2 Å². The Hall–Kier alpha value is -2.93. The molecule has 0 aliphatic heterocycles. The van der Waals surface area contributed by atoms with Crippen molar-refractivity contribution in [1.29, 1.82) is 0 Å². The number of benzene rings is 3. The van der Waals surface area contributed by atoms with E-state index in [1.54, 1.807) is 0 Å². The van der Waals surface area contributed by atoms with E-state index in [9.17, 15) is 0 Å². The molecule has 0 saturated carbocycles. The number of fused-ring (bicyclic) bond motifs is 1. The fraction of sp³-hybridized carbons (Fsp3) is 0.192. The van der Waals surface area contributed by atoms with Gasteiger partial charge in [0.25, 0.3) is 0 Å². The zero-order chi connectivity index (χ0) is 18.6. The molecule has 1 heteroatoms. The third kappa shape index (κ3) is 3.50. The van der Waals surface area contributed by atoms with Crippen LogP contribution < -0.4 is 0 Å². The van der Waals surface area contributed by atoms with Crippen LogP contribution in [0.4, 0.5) is 0 Å². The number of aromatic nitrogens is 1. The van der Waals surface area contributed by atoms with Crippen molar-refractivity contribution in [3.8, 4) is 22.4 Å². The Morgan fingerprint density at radius 3 is 2.07 bits per heavy atom. The molecule has 27 heavy (non-hydrogen) atoms. The summed E-state index contributed by atoms with van der Waals surface area (Å²) < 4.78 is 0. The first-order valence-electron chi connectivity index (χ1n) is 9.82. The average Bonchev–Trinajstić information content (AvgIpc) is 2.73. The van der Waals surface area contributed by atoms with Crippen molar-refractivity contribution >= 4 is 10.8 Å². The number of unbranched alkanes of at least 4 members (excludes halogenated alkanes) is 1. The standard InChI is InChI=1S/C26H25N/c1-3-4-15-24-23-18-19(2)16-17-22(23)25(20-11-7-5-8-12-20)26(27-24)21-13-9-6-10-14-21/h5-14,16-18H,3-4,15H2,1-2H3. The summed E-state index contributed by atoms with van der Waals surface area (Å²) in [6.07, 6.45) is 3.36. The topological polar surface area (TPSA) is 12.9 Å². The predicted molar refractivity (Wildman–Crippen MR) is 116 cm³/mol. The van der Waals surface area contributed by atoms with E-state index in [4.69, 9.17) is 4.98 Å². The molecule has 0 unspecified atom stereocenters. The molecule has 0 aliphatic rings. The first-order chi connectivity index (χ1) is 13.3. The number of hydrogen-bond acceptors (Lipinski definition) is 1. The Balaban J connectivity index is 2.08. The highest BCUT2D eigenvalue weighted by Crippen LogP contribution is 2.38. The first-order valence-corrected chi connectivity index (χ1v) is 9.82. The van der Waals surface area contributed by atoms with Crippen LogP contribution in [0.2, 0.25) is 0 Å². The fourth-order valence-corrected chi connectivity index (χ4v) is 3.73. The van der Waals surface area contributed by atoms with Gasteiger partial charge in [0.15, 0.2) is 0 Å². The summed E-state index contributed by atoms with van der Waals surface area (Å²) in [5.41, 5.74) is 7.22. The molecule has 4 rings (SSSR count). The molecule has 1 aromatic heterocycles. The van der Waals surface area contributed by atoms with Crippen LogP contribution in [0.5, 0.6) is 0 Å². The van der Waals surface area contributed by atoms with Gasteiger partial charge in [-0.1, -0.05) is 91.7 Å². The molecular formula is C26H25N. The van der Waals surface area contributed by atoms with E-state index in [1.165, 1.54) is 45.1 Å². The van der Waals surface area contributed by atoms with E-state index in [0.29, 0.717) is 0 Å². The van der Waals surface area contributed by atoms with Crippen molar-refractivity contribution in [3.05, 3.63) is 90.1 Å². The normalized spacial score (nSPS) is 11.0. The van der Waals surface area contributed by atoms with E-state index >= 15 is 0 Å². The predicted octanol–water partition coefficient (Wildman–Crippen LogP) is 7.22. The lowest BCUT2D eigenvalue weighted by molar-refractivity contribution is 0.783. The van der Waals surface area contributed by atoms with Crippen LogP contribution in [0.1, 0.15) is 31.0 Å². The summed E-state index contributed by atoms with van der Waals surface area (Å²) in [4.78, 5) is 5.23. The lowest BCUT2D eigenvalue weighted by Gasteiger charge is -2.17. The van der Waals surface area contributed by atoms with Gasteiger partial charge in [-0.15, -0.1) is 0 Å². The van der Waals surface area contributed by atoms with Crippen molar-refractivity contribution in [2.45, 2.75) is 33.1 Å². The van der Waals surface area contributed by atoms with Gasteiger partial charge < -0.3 is 0 Å². The molecule has 0 spiro atoms. The molecule has 0 amide bonds. The van der Waals surface area contributed by atoms with E-state index in [0.717, 1.165) is 18.5 Å². The second-order valence-electron chi connectivity index (χ2n) is 7.17. The molecule has 0 saturated heterocycles. The summed E-state index contributed by atoms with van der Waals surface area (Å²) in [6, 6.07) is 28.0. The Morgan fingerprint density at radius 2 is 1.41 bits per heavy atom.